The molecular formula is C13H20N2O3S. The van der Waals surface area contributed by atoms with Gasteiger partial charge in [0.25, 0.3) is 0 Å². The number of nitrogens with zero attached hydrogens (tertiary/aromatic N) is 1. The molecule has 0 radical (unpaired) electrons. The van der Waals surface area contributed by atoms with Crippen molar-refractivity contribution < 1.29 is 14.3 Å². The van der Waals surface area contributed by atoms with Gasteiger partial charge in [-0.1, -0.05) is 0 Å². The highest BCUT2D eigenvalue weighted by Gasteiger charge is 2.20. The Kier molecular flexibility index (Phi) is 4.66. The summed E-state index contributed by atoms with van der Waals surface area (Å²) < 4.78 is 10.1. The number of thiophene rings is 1. The van der Waals surface area contributed by atoms with Gasteiger partial charge in [-0.2, -0.15) is 0 Å². The summed E-state index contributed by atoms with van der Waals surface area (Å²) >= 11 is 1.38. The van der Waals surface area contributed by atoms with Crippen LogP contribution in [0.25, 0.3) is 0 Å². The Morgan fingerprint density at radius 3 is 2.89 bits per heavy atom. The lowest BCUT2D eigenvalue weighted by atomic mass is 10.00. The van der Waals surface area contributed by atoms with E-state index >= 15 is 0 Å². The molecule has 0 unspecified atom stereocenters. The van der Waals surface area contributed by atoms with E-state index in [0.29, 0.717) is 16.5 Å². The molecule has 0 aliphatic carbocycles. The normalized spacial score (nSPS) is 16.3. The third kappa shape index (κ3) is 3.39. The highest BCUT2D eigenvalue weighted by atomic mass is 32.1. The smallest absolute Gasteiger partial charge is 0.350 e. The van der Waals surface area contributed by atoms with Crippen LogP contribution < -0.4 is 10.6 Å². The molecular weight excluding hydrogens is 264 g/mol. The van der Waals surface area contributed by atoms with E-state index in [2.05, 4.69) is 4.90 Å². The van der Waals surface area contributed by atoms with Crippen LogP contribution in [0.5, 0.6) is 0 Å². The minimum absolute atomic E-state index is 0.367. The number of rotatable bonds is 4. The third-order valence-electron chi connectivity index (χ3n) is 3.37. The molecule has 1 saturated heterocycles. The number of methoxy groups -OCH3 is 1. The highest BCUT2D eigenvalue weighted by molar-refractivity contribution is 7.18. The summed E-state index contributed by atoms with van der Waals surface area (Å²) in [5, 5.41) is 1.00. The van der Waals surface area contributed by atoms with E-state index in [1.165, 1.54) is 18.4 Å². The summed E-state index contributed by atoms with van der Waals surface area (Å²) in [5.74, 6) is 0.275. The molecule has 106 valence electrons. The van der Waals surface area contributed by atoms with E-state index < -0.39 is 0 Å². The molecule has 1 aromatic heterocycles. The minimum atomic E-state index is -0.367. The Balaban J connectivity index is 2.02. The zero-order valence-electron chi connectivity index (χ0n) is 11.3. The lowest BCUT2D eigenvalue weighted by Gasteiger charge is -2.27. The summed E-state index contributed by atoms with van der Waals surface area (Å²) in [5.41, 5.74) is 6.34. The van der Waals surface area contributed by atoms with Crippen LogP contribution in [-0.4, -0.2) is 39.9 Å². The fourth-order valence-corrected chi connectivity index (χ4v) is 3.21. The average Bonchev–Trinajstić information content (AvgIpc) is 2.81. The number of ether oxygens (including phenoxy) is 2. The van der Waals surface area contributed by atoms with Gasteiger partial charge in [0.2, 0.25) is 0 Å². The summed E-state index contributed by atoms with van der Waals surface area (Å²) in [6.07, 6.45) is 2.18. The molecule has 2 N–H and O–H groups in total. The van der Waals surface area contributed by atoms with Gasteiger partial charge < -0.3 is 20.1 Å². The van der Waals surface area contributed by atoms with Gasteiger partial charge in [0.15, 0.2) is 0 Å². The quantitative estimate of drug-likeness (QED) is 0.856. The van der Waals surface area contributed by atoms with E-state index in [1.54, 1.807) is 0 Å². The van der Waals surface area contributed by atoms with Crippen molar-refractivity contribution in [2.75, 3.05) is 44.5 Å². The minimum Gasteiger partial charge on any atom is -0.465 e. The van der Waals surface area contributed by atoms with E-state index in [-0.39, 0.29) is 5.97 Å². The van der Waals surface area contributed by atoms with Crippen LogP contribution in [0, 0.1) is 5.92 Å². The molecule has 1 fully saturated rings. The van der Waals surface area contributed by atoms with E-state index in [9.17, 15) is 4.79 Å². The van der Waals surface area contributed by atoms with Crippen molar-refractivity contribution in [3.8, 4) is 0 Å². The van der Waals surface area contributed by atoms with Crippen molar-refractivity contribution in [3.63, 3.8) is 0 Å². The lowest BCUT2D eigenvalue weighted by Crippen LogP contribution is -2.29. The van der Waals surface area contributed by atoms with Gasteiger partial charge in [-0.3, -0.25) is 0 Å². The molecule has 19 heavy (non-hydrogen) atoms. The molecule has 6 heteroatoms. The number of carbonyl (C=O) groups is 1. The monoisotopic (exact) mass is 284 g/mol. The maximum Gasteiger partial charge on any atom is 0.350 e. The van der Waals surface area contributed by atoms with Crippen molar-refractivity contribution in [1.82, 2.24) is 0 Å². The molecule has 1 aromatic rings. The first-order valence-electron chi connectivity index (χ1n) is 6.38. The van der Waals surface area contributed by atoms with Gasteiger partial charge in [-0.15, -0.1) is 11.3 Å². The number of hydrogen-bond acceptors (Lipinski definition) is 6. The van der Waals surface area contributed by atoms with Gasteiger partial charge in [-0.25, -0.2) is 4.79 Å². The van der Waals surface area contributed by atoms with Crippen LogP contribution in [0.2, 0.25) is 0 Å². The van der Waals surface area contributed by atoms with E-state index in [4.69, 9.17) is 15.2 Å². The van der Waals surface area contributed by atoms with Gasteiger partial charge in [0, 0.05) is 26.8 Å². The zero-order valence-corrected chi connectivity index (χ0v) is 12.2. The lowest BCUT2D eigenvalue weighted by molar-refractivity contribution is 0.0607. The van der Waals surface area contributed by atoms with Crippen molar-refractivity contribution in [3.05, 3.63) is 10.9 Å². The molecule has 0 amide bonds. The summed E-state index contributed by atoms with van der Waals surface area (Å²) in [6, 6.07) is 1.84. The third-order valence-corrected chi connectivity index (χ3v) is 4.61. The molecule has 2 rings (SSSR count). The first-order chi connectivity index (χ1) is 9.11. The Morgan fingerprint density at radius 2 is 2.26 bits per heavy atom. The molecule has 5 nitrogen and oxygen atoms in total. The predicted molar refractivity (Wildman–Crippen MR) is 76.9 cm³/mol. The zero-order chi connectivity index (χ0) is 13.8. The van der Waals surface area contributed by atoms with E-state index in [0.717, 1.165) is 37.6 Å². The Labute approximate surface area is 117 Å². The van der Waals surface area contributed by atoms with Crippen LogP contribution in [0.15, 0.2) is 6.07 Å². The molecule has 0 bridgehead atoms. The topological polar surface area (TPSA) is 64.8 Å². The van der Waals surface area contributed by atoms with Crippen LogP contribution in [0.3, 0.4) is 0 Å². The predicted octanol–water partition coefficient (Wildman–Crippen LogP) is 1.98. The fourth-order valence-electron chi connectivity index (χ4n) is 2.24. The fraction of sp³-hybridized carbons (Fsp3) is 0.615. The first kappa shape index (κ1) is 14.1. The van der Waals surface area contributed by atoms with Crippen LogP contribution >= 0.6 is 11.3 Å². The molecule has 1 aliphatic rings. The largest absolute Gasteiger partial charge is 0.465 e. The van der Waals surface area contributed by atoms with Gasteiger partial charge in [-0.05, 0) is 24.8 Å². The van der Waals surface area contributed by atoms with Gasteiger partial charge >= 0.3 is 5.97 Å². The summed E-state index contributed by atoms with van der Waals surface area (Å²) in [6.45, 7) is 2.65. The van der Waals surface area contributed by atoms with Crippen LogP contribution in [-0.2, 0) is 9.47 Å². The van der Waals surface area contributed by atoms with Crippen molar-refractivity contribution >= 4 is 28.0 Å². The second-order valence-electron chi connectivity index (χ2n) is 4.80. The molecule has 0 atom stereocenters. The van der Waals surface area contributed by atoms with Crippen molar-refractivity contribution in [1.29, 1.82) is 0 Å². The first-order valence-corrected chi connectivity index (χ1v) is 7.20. The van der Waals surface area contributed by atoms with Crippen LogP contribution in [0.1, 0.15) is 22.5 Å². The maximum absolute atomic E-state index is 11.5. The number of nitrogen functional groups attached to an aromatic ring is 1. The average molecular weight is 284 g/mol. The number of anilines is 2. The number of carbonyl (C=O) groups excluding carboxylic acids is 1. The number of esters is 1. The van der Waals surface area contributed by atoms with Gasteiger partial charge in [0.05, 0.1) is 17.8 Å². The number of hydrogen-bond donors (Lipinski definition) is 1. The molecule has 0 spiro atoms. The number of nitrogens with two attached hydrogens (primary N) is 1. The second kappa shape index (κ2) is 6.25. The Bertz CT molecular complexity index is 441. The SMILES string of the molecule is COC(=O)c1sc(N(C)CC2CCOCC2)cc1N. The summed E-state index contributed by atoms with van der Waals surface area (Å²) in [7, 11) is 3.40. The highest BCUT2D eigenvalue weighted by Crippen LogP contribution is 2.33. The van der Waals surface area contributed by atoms with Crippen molar-refractivity contribution in [2.45, 2.75) is 12.8 Å². The Hall–Kier alpha value is -1.27. The second-order valence-corrected chi connectivity index (χ2v) is 5.83. The van der Waals surface area contributed by atoms with Crippen molar-refractivity contribution in [2.24, 2.45) is 5.92 Å². The standard InChI is InChI=1S/C13H20N2O3S/c1-15(8-9-3-5-18-6-4-9)11-7-10(14)12(19-11)13(16)17-2/h7,9H,3-6,8,14H2,1-2H3. The van der Waals surface area contributed by atoms with E-state index in [1.807, 2.05) is 13.1 Å². The summed E-state index contributed by atoms with van der Waals surface area (Å²) in [4.78, 5) is 14.2. The molecule has 0 saturated carbocycles. The Morgan fingerprint density at radius 1 is 1.58 bits per heavy atom. The molecule has 2 heterocycles. The molecule has 0 aromatic carbocycles. The molecule has 1 aliphatic heterocycles. The maximum atomic E-state index is 11.5. The van der Waals surface area contributed by atoms with Gasteiger partial charge in [0.1, 0.15) is 4.88 Å². The van der Waals surface area contributed by atoms with Crippen LogP contribution in [0.4, 0.5) is 10.7 Å².